The van der Waals surface area contributed by atoms with Gasteiger partial charge in [0.1, 0.15) is 0 Å². The van der Waals surface area contributed by atoms with Crippen molar-refractivity contribution in [3.8, 4) is 0 Å². The minimum absolute atomic E-state index is 0.841. The maximum absolute atomic E-state index is 3.99. The molecule has 70 valence electrons. The van der Waals surface area contributed by atoms with Crippen LogP contribution in [0.25, 0.3) is 0 Å². The van der Waals surface area contributed by atoms with E-state index in [0.717, 1.165) is 32.6 Å². The molecule has 0 heterocycles. The zero-order valence-electron chi connectivity index (χ0n) is 8.38. The molecule has 0 spiro atoms. The van der Waals surface area contributed by atoms with E-state index in [9.17, 15) is 0 Å². The molecule has 0 aromatic heterocycles. The van der Waals surface area contributed by atoms with Gasteiger partial charge in [-0.15, -0.1) is 0 Å². The minimum atomic E-state index is 0.841. The topological polar surface area (TPSA) is 28.0 Å². The Balaban J connectivity index is 3.35. The summed E-state index contributed by atoms with van der Waals surface area (Å²) in [6.07, 6.45) is 1.10. The fourth-order valence-corrected chi connectivity index (χ4v) is 1.03. The summed E-state index contributed by atoms with van der Waals surface area (Å²) in [5.41, 5.74) is 0. The van der Waals surface area contributed by atoms with Gasteiger partial charge in [0.15, 0.2) is 0 Å². The molecule has 3 nitrogen and oxygen atoms in total. The lowest BCUT2D eigenvalue weighted by molar-refractivity contribution is 0.302. The van der Waals surface area contributed by atoms with Gasteiger partial charge < -0.3 is 4.90 Å². The van der Waals surface area contributed by atoms with Crippen LogP contribution in [0, 0.1) is 0 Å². The number of hydrogen-bond acceptors (Lipinski definition) is 3. The maximum Gasteiger partial charge on any atom is 0.0889 e. The Morgan fingerprint density at radius 2 is 1.92 bits per heavy atom. The Hall–Kier alpha value is -0.660. The van der Waals surface area contributed by atoms with Gasteiger partial charge in [0.05, 0.1) is 12.6 Å². The van der Waals surface area contributed by atoms with Crippen LogP contribution in [0.4, 0.5) is 0 Å². The number of rotatable bonds is 6. The van der Waals surface area contributed by atoms with Crippen LogP contribution < -0.4 is 0 Å². The molecular formula is C9H19N3. The van der Waals surface area contributed by atoms with Crippen molar-refractivity contribution in [2.75, 3.05) is 33.2 Å². The van der Waals surface area contributed by atoms with Gasteiger partial charge in [-0.3, -0.25) is 0 Å². The van der Waals surface area contributed by atoms with Crippen LogP contribution in [0.3, 0.4) is 0 Å². The normalized spacial score (nSPS) is 9.67. The van der Waals surface area contributed by atoms with Crippen LogP contribution in [0.1, 0.15) is 20.3 Å². The second-order valence-corrected chi connectivity index (χ2v) is 2.59. The lowest BCUT2D eigenvalue weighted by Gasteiger charge is -2.16. The Morgan fingerprint density at radius 1 is 1.25 bits per heavy atom. The molecule has 3 heteroatoms. The van der Waals surface area contributed by atoms with Crippen molar-refractivity contribution in [2.45, 2.75) is 20.3 Å². The van der Waals surface area contributed by atoms with E-state index in [4.69, 9.17) is 0 Å². The number of hydrogen-bond donors (Lipinski definition) is 0. The Morgan fingerprint density at radius 3 is 2.42 bits per heavy atom. The van der Waals surface area contributed by atoms with Crippen molar-refractivity contribution in [1.29, 1.82) is 0 Å². The Labute approximate surface area is 75.2 Å². The van der Waals surface area contributed by atoms with E-state index in [1.54, 1.807) is 7.05 Å². The van der Waals surface area contributed by atoms with Crippen molar-refractivity contribution < 1.29 is 0 Å². The SMILES string of the molecule is CCN(CC)CCCN=C=NC. The van der Waals surface area contributed by atoms with E-state index in [-0.39, 0.29) is 0 Å². The molecule has 0 fully saturated rings. The van der Waals surface area contributed by atoms with Crippen molar-refractivity contribution in [1.82, 2.24) is 4.90 Å². The van der Waals surface area contributed by atoms with Crippen LogP contribution in [0.2, 0.25) is 0 Å². The van der Waals surface area contributed by atoms with Crippen LogP contribution in [0.15, 0.2) is 9.98 Å². The van der Waals surface area contributed by atoms with Gasteiger partial charge in [-0.1, -0.05) is 13.8 Å². The van der Waals surface area contributed by atoms with Gasteiger partial charge in [-0.2, -0.15) is 0 Å². The average Bonchev–Trinajstić information content (AvgIpc) is 2.11. The summed E-state index contributed by atoms with van der Waals surface area (Å²) in [5, 5.41) is 0. The summed E-state index contributed by atoms with van der Waals surface area (Å²) in [7, 11) is 1.69. The summed E-state index contributed by atoms with van der Waals surface area (Å²) in [4.78, 5) is 10.0. The Bertz CT molecular complexity index is 144. The third-order valence-electron chi connectivity index (χ3n) is 1.81. The second kappa shape index (κ2) is 8.44. The molecule has 0 aliphatic heterocycles. The van der Waals surface area contributed by atoms with E-state index in [0.29, 0.717) is 0 Å². The Kier molecular flexibility index (Phi) is 7.97. The molecular weight excluding hydrogens is 150 g/mol. The van der Waals surface area contributed by atoms with Crippen LogP contribution >= 0.6 is 0 Å². The quantitative estimate of drug-likeness (QED) is 0.437. The second-order valence-electron chi connectivity index (χ2n) is 2.59. The summed E-state index contributed by atoms with van der Waals surface area (Å²) in [6.45, 7) is 8.58. The van der Waals surface area contributed by atoms with E-state index in [2.05, 4.69) is 34.7 Å². The summed E-state index contributed by atoms with van der Waals surface area (Å²) in [5.74, 6) is 0. The van der Waals surface area contributed by atoms with E-state index in [1.807, 2.05) is 0 Å². The van der Waals surface area contributed by atoms with Gasteiger partial charge in [0, 0.05) is 7.05 Å². The number of aliphatic imine (C=N–C) groups is 2. The van der Waals surface area contributed by atoms with Crippen molar-refractivity contribution >= 4 is 6.01 Å². The van der Waals surface area contributed by atoms with Crippen molar-refractivity contribution in [3.63, 3.8) is 0 Å². The molecule has 0 N–H and O–H groups in total. The molecule has 0 unspecified atom stereocenters. The fraction of sp³-hybridized carbons (Fsp3) is 0.889. The maximum atomic E-state index is 3.99. The highest BCUT2D eigenvalue weighted by molar-refractivity contribution is 5.40. The molecule has 0 rings (SSSR count). The van der Waals surface area contributed by atoms with Crippen molar-refractivity contribution in [3.05, 3.63) is 0 Å². The van der Waals surface area contributed by atoms with Gasteiger partial charge in [-0.25, -0.2) is 9.98 Å². The largest absolute Gasteiger partial charge is 0.304 e. The molecule has 0 aromatic rings. The van der Waals surface area contributed by atoms with Crippen LogP contribution in [0.5, 0.6) is 0 Å². The molecule has 0 bridgehead atoms. The summed E-state index contributed by atoms with van der Waals surface area (Å²) in [6, 6.07) is 2.59. The molecule has 0 aromatic carbocycles. The van der Waals surface area contributed by atoms with Gasteiger partial charge in [0.2, 0.25) is 0 Å². The third kappa shape index (κ3) is 6.08. The fourth-order valence-electron chi connectivity index (χ4n) is 1.03. The molecule has 0 radical (unpaired) electrons. The van der Waals surface area contributed by atoms with E-state index >= 15 is 0 Å². The highest BCUT2D eigenvalue weighted by Crippen LogP contribution is 1.90. The number of nitrogens with zero attached hydrogens (tertiary/aromatic N) is 3. The first-order valence-corrected chi connectivity index (χ1v) is 4.57. The standard InChI is InChI=1S/C9H19N3/c1-4-12(5-2)8-6-7-11-9-10-3/h4-8H2,1-3H3. The van der Waals surface area contributed by atoms with Crippen molar-refractivity contribution in [2.24, 2.45) is 9.98 Å². The first kappa shape index (κ1) is 11.3. The first-order valence-electron chi connectivity index (χ1n) is 4.57. The smallest absolute Gasteiger partial charge is 0.0889 e. The predicted molar refractivity (Wildman–Crippen MR) is 53.1 cm³/mol. The lowest BCUT2D eigenvalue weighted by atomic mass is 10.4. The van der Waals surface area contributed by atoms with Crippen LogP contribution in [-0.2, 0) is 0 Å². The molecule has 0 aliphatic carbocycles. The minimum Gasteiger partial charge on any atom is -0.304 e. The lowest BCUT2D eigenvalue weighted by Crippen LogP contribution is -2.24. The highest BCUT2D eigenvalue weighted by Gasteiger charge is 1.95. The first-order chi connectivity index (χ1) is 5.85. The monoisotopic (exact) mass is 169 g/mol. The summed E-state index contributed by atoms with van der Waals surface area (Å²) < 4.78 is 0. The molecule has 0 atom stereocenters. The van der Waals surface area contributed by atoms with Gasteiger partial charge >= 0.3 is 0 Å². The molecule has 0 aliphatic rings. The molecule has 12 heavy (non-hydrogen) atoms. The molecule has 0 saturated heterocycles. The molecule has 0 amide bonds. The van der Waals surface area contributed by atoms with Gasteiger partial charge in [0.25, 0.3) is 0 Å². The predicted octanol–water partition coefficient (Wildman–Crippen LogP) is 1.52. The zero-order chi connectivity index (χ0) is 9.23. The molecule has 0 saturated carbocycles. The zero-order valence-corrected chi connectivity index (χ0v) is 8.38. The average molecular weight is 169 g/mol. The third-order valence-corrected chi connectivity index (χ3v) is 1.81. The summed E-state index contributed by atoms with van der Waals surface area (Å²) >= 11 is 0. The van der Waals surface area contributed by atoms with E-state index in [1.165, 1.54) is 0 Å². The highest BCUT2D eigenvalue weighted by atomic mass is 15.1. The van der Waals surface area contributed by atoms with Crippen LogP contribution in [-0.4, -0.2) is 44.1 Å². The van der Waals surface area contributed by atoms with Gasteiger partial charge in [-0.05, 0) is 26.1 Å². The van der Waals surface area contributed by atoms with E-state index < -0.39 is 0 Å².